The van der Waals surface area contributed by atoms with Crippen molar-refractivity contribution in [2.45, 2.75) is 13.5 Å². The number of nitrogens with zero attached hydrogens (tertiary/aromatic N) is 2. The molecule has 0 aliphatic heterocycles. The summed E-state index contributed by atoms with van der Waals surface area (Å²) in [5.41, 5.74) is 1.15. The standard InChI is InChI=1S/C11H18N2S/c1-3-14-9-8-13(2)10-11-6-4-5-7-12-11/h4-7H,3,8-10H2,1-2H3. The molecule has 1 aromatic rings. The summed E-state index contributed by atoms with van der Waals surface area (Å²) < 4.78 is 0. The van der Waals surface area contributed by atoms with Gasteiger partial charge in [-0.25, -0.2) is 0 Å². The summed E-state index contributed by atoms with van der Waals surface area (Å²) >= 11 is 1.98. The predicted octanol–water partition coefficient (Wildman–Crippen LogP) is 2.27. The van der Waals surface area contributed by atoms with E-state index < -0.39 is 0 Å². The van der Waals surface area contributed by atoms with Crippen LogP contribution in [0.1, 0.15) is 12.6 Å². The molecule has 3 heteroatoms. The van der Waals surface area contributed by atoms with Gasteiger partial charge in [0.2, 0.25) is 0 Å². The molecule has 0 atom stereocenters. The lowest BCUT2D eigenvalue weighted by Gasteiger charge is -2.15. The average molecular weight is 210 g/mol. The zero-order valence-corrected chi connectivity index (χ0v) is 9.76. The van der Waals surface area contributed by atoms with Gasteiger partial charge in [0.1, 0.15) is 0 Å². The Balaban J connectivity index is 2.23. The second kappa shape index (κ2) is 6.85. The molecule has 2 nitrogen and oxygen atoms in total. The van der Waals surface area contributed by atoms with Gasteiger partial charge in [-0.1, -0.05) is 13.0 Å². The second-order valence-electron chi connectivity index (χ2n) is 3.26. The molecule has 1 heterocycles. The average Bonchev–Trinajstić information content (AvgIpc) is 2.20. The SMILES string of the molecule is CCSCCN(C)Cc1ccccn1. The summed E-state index contributed by atoms with van der Waals surface area (Å²) in [5, 5.41) is 0. The van der Waals surface area contributed by atoms with E-state index in [0.717, 1.165) is 18.8 Å². The molecule has 1 aromatic heterocycles. The summed E-state index contributed by atoms with van der Waals surface area (Å²) in [4.78, 5) is 6.61. The highest BCUT2D eigenvalue weighted by Crippen LogP contribution is 2.02. The molecule has 0 unspecified atom stereocenters. The van der Waals surface area contributed by atoms with E-state index >= 15 is 0 Å². The first-order valence-electron chi connectivity index (χ1n) is 4.99. The van der Waals surface area contributed by atoms with Gasteiger partial charge in [-0.05, 0) is 24.9 Å². The molecule has 0 aromatic carbocycles. The van der Waals surface area contributed by atoms with Crippen LogP contribution in [0.4, 0.5) is 0 Å². The van der Waals surface area contributed by atoms with Crippen LogP contribution in [0.25, 0.3) is 0 Å². The van der Waals surface area contributed by atoms with Crippen molar-refractivity contribution in [3.05, 3.63) is 30.1 Å². The lowest BCUT2D eigenvalue weighted by atomic mass is 10.3. The number of thioether (sulfide) groups is 1. The van der Waals surface area contributed by atoms with Gasteiger partial charge < -0.3 is 0 Å². The third kappa shape index (κ3) is 4.63. The largest absolute Gasteiger partial charge is 0.300 e. The number of rotatable bonds is 6. The lowest BCUT2D eigenvalue weighted by Crippen LogP contribution is -2.21. The Bertz CT molecular complexity index is 238. The maximum absolute atomic E-state index is 4.30. The van der Waals surface area contributed by atoms with Gasteiger partial charge in [0.25, 0.3) is 0 Å². The number of hydrogen-bond donors (Lipinski definition) is 0. The molecule has 0 saturated carbocycles. The molecule has 0 fully saturated rings. The van der Waals surface area contributed by atoms with Crippen LogP contribution in [0.15, 0.2) is 24.4 Å². The molecule has 0 N–H and O–H groups in total. The van der Waals surface area contributed by atoms with E-state index in [9.17, 15) is 0 Å². The molecule has 14 heavy (non-hydrogen) atoms. The smallest absolute Gasteiger partial charge is 0.0543 e. The first-order valence-corrected chi connectivity index (χ1v) is 6.14. The monoisotopic (exact) mass is 210 g/mol. The van der Waals surface area contributed by atoms with E-state index in [0.29, 0.717) is 0 Å². The van der Waals surface area contributed by atoms with Crippen LogP contribution in [-0.4, -0.2) is 35.0 Å². The minimum Gasteiger partial charge on any atom is -0.300 e. The quantitative estimate of drug-likeness (QED) is 0.670. The Hall–Kier alpha value is -0.540. The van der Waals surface area contributed by atoms with Crippen LogP contribution >= 0.6 is 11.8 Å². The van der Waals surface area contributed by atoms with Crippen LogP contribution in [0.2, 0.25) is 0 Å². The van der Waals surface area contributed by atoms with Gasteiger partial charge in [0.15, 0.2) is 0 Å². The molecule has 0 bridgehead atoms. The summed E-state index contributed by atoms with van der Waals surface area (Å²) in [6.07, 6.45) is 1.85. The first kappa shape index (κ1) is 11.5. The fourth-order valence-corrected chi connectivity index (χ4v) is 1.94. The highest BCUT2D eigenvalue weighted by molar-refractivity contribution is 7.99. The zero-order chi connectivity index (χ0) is 10.2. The van der Waals surface area contributed by atoms with Gasteiger partial charge in [0, 0.05) is 25.0 Å². The van der Waals surface area contributed by atoms with E-state index in [2.05, 4.69) is 29.9 Å². The van der Waals surface area contributed by atoms with Gasteiger partial charge >= 0.3 is 0 Å². The molecule has 1 rings (SSSR count). The minimum absolute atomic E-state index is 0.950. The van der Waals surface area contributed by atoms with Crippen LogP contribution in [-0.2, 0) is 6.54 Å². The Morgan fingerprint density at radius 3 is 2.93 bits per heavy atom. The van der Waals surface area contributed by atoms with Crippen molar-refractivity contribution in [1.82, 2.24) is 9.88 Å². The van der Waals surface area contributed by atoms with Crippen molar-refractivity contribution < 1.29 is 0 Å². The van der Waals surface area contributed by atoms with Gasteiger partial charge in [-0.15, -0.1) is 0 Å². The summed E-state index contributed by atoms with van der Waals surface area (Å²) in [6, 6.07) is 6.07. The second-order valence-corrected chi connectivity index (χ2v) is 4.65. The molecule has 0 aliphatic rings. The highest BCUT2D eigenvalue weighted by atomic mass is 32.2. The molecule has 0 saturated heterocycles. The third-order valence-electron chi connectivity index (χ3n) is 1.98. The van der Waals surface area contributed by atoms with Crippen molar-refractivity contribution in [3.8, 4) is 0 Å². The van der Waals surface area contributed by atoms with Crippen molar-refractivity contribution >= 4 is 11.8 Å². The number of aromatic nitrogens is 1. The van der Waals surface area contributed by atoms with Crippen LogP contribution in [0, 0.1) is 0 Å². The fourth-order valence-electron chi connectivity index (χ4n) is 1.21. The molecular weight excluding hydrogens is 192 g/mol. The minimum atomic E-state index is 0.950. The summed E-state index contributed by atoms with van der Waals surface area (Å²) in [5.74, 6) is 2.41. The van der Waals surface area contributed by atoms with Gasteiger partial charge in [0.05, 0.1) is 5.69 Å². The third-order valence-corrected chi connectivity index (χ3v) is 2.86. The summed E-state index contributed by atoms with van der Waals surface area (Å²) in [6.45, 7) is 4.28. The fraction of sp³-hybridized carbons (Fsp3) is 0.545. The first-order chi connectivity index (χ1) is 6.83. The van der Waals surface area contributed by atoms with Crippen molar-refractivity contribution in [2.75, 3.05) is 25.1 Å². The molecule has 0 aliphatic carbocycles. The van der Waals surface area contributed by atoms with E-state index in [1.807, 2.05) is 30.1 Å². The van der Waals surface area contributed by atoms with Crippen molar-refractivity contribution in [1.29, 1.82) is 0 Å². The normalized spacial score (nSPS) is 10.8. The molecule has 0 spiro atoms. The van der Waals surface area contributed by atoms with Gasteiger partial charge in [-0.3, -0.25) is 9.88 Å². The number of pyridine rings is 1. The summed E-state index contributed by atoms with van der Waals surface area (Å²) in [7, 11) is 2.14. The van der Waals surface area contributed by atoms with E-state index in [-0.39, 0.29) is 0 Å². The van der Waals surface area contributed by atoms with E-state index in [1.165, 1.54) is 11.5 Å². The van der Waals surface area contributed by atoms with Crippen LogP contribution in [0.3, 0.4) is 0 Å². The van der Waals surface area contributed by atoms with E-state index in [4.69, 9.17) is 0 Å². The topological polar surface area (TPSA) is 16.1 Å². The molecule has 0 amide bonds. The molecule has 78 valence electrons. The Labute approximate surface area is 90.7 Å². The highest BCUT2D eigenvalue weighted by Gasteiger charge is 1.99. The Morgan fingerprint density at radius 1 is 1.43 bits per heavy atom. The predicted molar refractivity (Wildman–Crippen MR) is 63.6 cm³/mol. The maximum Gasteiger partial charge on any atom is 0.0543 e. The lowest BCUT2D eigenvalue weighted by molar-refractivity contribution is 0.344. The van der Waals surface area contributed by atoms with Crippen LogP contribution in [0.5, 0.6) is 0 Å². The van der Waals surface area contributed by atoms with Crippen LogP contribution < -0.4 is 0 Å². The molecular formula is C11H18N2S. The zero-order valence-electron chi connectivity index (χ0n) is 8.94. The number of hydrogen-bond acceptors (Lipinski definition) is 3. The van der Waals surface area contributed by atoms with Crippen molar-refractivity contribution in [2.24, 2.45) is 0 Å². The maximum atomic E-state index is 4.30. The Morgan fingerprint density at radius 2 is 2.29 bits per heavy atom. The Kier molecular flexibility index (Phi) is 5.64. The van der Waals surface area contributed by atoms with Gasteiger partial charge in [-0.2, -0.15) is 11.8 Å². The van der Waals surface area contributed by atoms with Crippen molar-refractivity contribution in [3.63, 3.8) is 0 Å². The molecule has 0 radical (unpaired) electrons. The van der Waals surface area contributed by atoms with E-state index in [1.54, 1.807) is 0 Å².